The van der Waals surface area contributed by atoms with Crippen LogP contribution in [0.25, 0.3) is 0 Å². The maximum atomic E-state index is 5.62. The Morgan fingerprint density at radius 2 is 2.30 bits per heavy atom. The monoisotopic (exact) mass is 220 g/mol. The van der Waals surface area contributed by atoms with Crippen LogP contribution in [0.5, 0.6) is 0 Å². The summed E-state index contributed by atoms with van der Waals surface area (Å²) in [5.41, 5.74) is 0.903. The van der Waals surface area contributed by atoms with Crippen molar-refractivity contribution < 1.29 is 0 Å². The maximum Gasteiger partial charge on any atom is 0.132 e. The molecule has 1 aromatic rings. The highest BCUT2D eigenvalue weighted by molar-refractivity contribution is 9.09. The van der Waals surface area contributed by atoms with Crippen LogP contribution in [0, 0.1) is 0 Å². The van der Waals surface area contributed by atoms with Crippen LogP contribution < -0.4 is 0 Å². The van der Waals surface area contributed by atoms with Gasteiger partial charge in [-0.3, -0.25) is 0 Å². The quantitative estimate of drug-likeness (QED) is 0.538. The van der Waals surface area contributed by atoms with Gasteiger partial charge < -0.3 is 0 Å². The average molecular weight is 221 g/mol. The van der Waals surface area contributed by atoms with Crippen molar-refractivity contribution in [3.05, 3.63) is 23.2 Å². The molecule has 4 heteroatoms. The molecule has 2 nitrogen and oxygen atoms in total. The van der Waals surface area contributed by atoms with E-state index in [1.165, 1.54) is 6.33 Å². The molecule has 10 heavy (non-hydrogen) atoms. The minimum Gasteiger partial charge on any atom is -0.240 e. The van der Waals surface area contributed by atoms with Crippen LogP contribution in [0.2, 0.25) is 5.15 Å². The summed E-state index contributed by atoms with van der Waals surface area (Å²) in [6.45, 7) is 1.98. The third kappa shape index (κ3) is 1.92. The molecule has 0 fully saturated rings. The molecular formula is C6H6BrClN2. The van der Waals surface area contributed by atoms with Crippen molar-refractivity contribution in [3.63, 3.8) is 0 Å². The topological polar surface area (TPSA) is 25.8 Å². The number of aromatic nitrogens is 2. The van der Waals surface area contributed by atoms with Gasteiger partial charge in [-0.15, -0.1) is 0 Å². The molecule has 0 amide bonds. The summed E-state index contributed by atoms with van der Waals surface area (Å²) in [6.07, 6.45) is 1.45. The van der Waals surface area contributed by atoms with Crippen LogP contribution in [0.4, 0.5) is 0 Å². The molecule has 54 valence electrons. The molecule has 1 heterocycles. The number of rotatable bonds is 1. The van der Waals surface area contributed by atoms with Crippen molar-refractivity contribution in [2.75, 3.05) is 0 Å². The van der Waals surface area contributed by atoms with E-state index in [0.717, 1.165) is 5.69 Å². The Morgan fingerprint density at radius 3 is 2.70 bits per heavy atom. The summed E-state index contributed by atoms with van der Waals surface area (Å²) in [7, 11) is 0. The molecule has 1 aromatic heterocycles. The SMILES string of the molecule is CC(Br)c1cc(Cl)ncn1. The van der Waals surface area contributed by atoms with E-state index >= 15 is 0 Å². The summed E-state index contributed by atoms with van der Waals surface area (Å²) in [4.78, 5) is 7.98. The van der Waals surface area contributed by atoms with E-state index < -0.39 is 0 Å². The minimum atomic E-state index is 0.230. The lowest BCUT2D eigenvalue weighted by Gasteiger charge is -1.99. The van der Waals surface area contributed by atoms with Gasteiger partial charge in [-0.2, -0.15) is 0 Å². The number of hydrogen-bond donors (Lipinski definition) is 0. The van der Waals surface area contributed by atoms with Gasteiger partial charge in [0.05, 0.1) is 10.5 Å². The first kappa shape index (κ1) is 7.95. The average Bonchev–Trinajstić information content (AvgIpc) is 1.88. The molecule has 0 spiro atoms. The molecule has 0 aliphatic heterocycles. The summed E-state index contributed by atoms with van der Waals surface area (Å²) in [5.74, 6) is 0. The predicted octanol–water partition coefficient (Wildman–Crippen LogP) is 2.59. The fraction of sp³-hybridized carbons (Fsp3) is 0.333. The van der Waals surface area contributed by atoms with Gasteiger partial charge in [0.25, 0.3) is 0 Å². The number of halogens is 2. The molecule has 1 rings (SSSR count). The molecular weight excluding hydrogens is 215 g/mol. The lowest BCUT2D eigenvalue weighted by atomic mass is 10.3. The van der Waals surface area contributed by atoms with E-state index in [4.69, 9.17) is 11.6 Å². The summed E-state index contributed by atoms with van der Waals surface area (Å²) >= 11 is 8.98. The zero-order valence-electron chi connectivity index (χ0n) is 5.38. The van der Waals surface area contributed by atoms with Crippen molar-refractivity contribution in [1.29, 1.82) is 0 Å². The van der Waals surface area contributed by atoms with Crippen LogP contribution in [0.15, 0.2) is 12.4 Å². The Hall–Kier alpha value is -0.150. The highest BCUT2D eigenvalue weighted by atomic mass is 79.9. The molecule has 1 atom stereocenters. The molecule has 0 aliphatic rings. The second-order valence-corrected chi connectivity index (χ2v) is 3.64. The zero-order valence-corrected chi connectivity index (χ0v) is 7.72. The van der Waals surface area contributed by atoms with Gasteiger partial charge in [-0.05, 0) is 13.0 Å². The molecule has 0 aliphatic carbocycles. The molecule has 0 aromatic carbocycles. The lowest BCUT2D eigenvalue weighted by Crippen LogP contribution is -1.89. The van der Waals surface area contributed by atoms with Gasteiger partial charge in [0.1, 0.15) is 11.5 Å². The smallest absolute Gasteiger partial charge is 0.132 e. The Labute approximate surface area is 72.8 Å². The van der Waals surface area contributed by atoms with Gasteiger partial charge in [-0.25, -0.2) is 9.97 Å². The first-order valence-corrected chi connectivity index (χ1v) is 4.11. The molecule has 0 N–H and O–H groups in total. The van der Waals surface area contributed by atoms with E-state index in [0.29, 0.717) is 5.15 Å². The summed E-state index contributed by atoms with van der Waals surface area (Å²) < 4.78 is 0. The molecule has 1 unspecified atom stereocenters. The first-order valence-electron chi connectivity index (χ1n) is 2.81. The van der Waals surface area contributed by atoms with Crippen LogP contribution in [0.3, 0.4) is 0 Å². The first-order chi connectivity index (χ1) is 4.70. The lowest BCUT2D eigenvalue weighted by molar-refractivity contribution is 0.990. The van der Waals surface area contributed by atoms with E-state index in [-0.39, 0.29) is 4.83 Å². The van der Waals surface area contributed by atoms with Crippen LogP contribution in [-0.2, 0) is 0 Å². The van der Waals surface area contributed by atoms with Crippen molar-refractivity contribution in [1.82, 2.24) is 9.97 Å². The van der Waals surface area contributed by atoms with Crippen molar-refractivity contribution in [2.45, 2.75) is 11.8 Å². The fourth-order valence-corrected chi connectivity index (χ4v) is 0.971. The van der Waals surface area contributed by atoms with Crippen molar-refractivity contribution in [2.24, 2.45) is 0 Å². The van der Waals surface area contributed by atoms with Crippen LogP contribution in [0.1, 0.15) is 17.4 Å². The van der Waals surface area contributed by atoms with Gasteiger partial charge in [0.2, 0.25) is 0 Å². The Morgan fingerprint density at radius 1 is 1.60 bits per heavy atom. The normalized spacial score (nSPS) is 13.1. The second-order valence-electron chi connectivity index (χ2n) is 1.88. The third-order valence-corrected chi connectivity index (χ3v) is 1.74. The minimum absolute atomic E-state index is 0.230. The highest BCUT2D eigenvalue weighted by Gasteiger charge is 2.01. The Kier molecular flexibility index (Phi) is 2.63. The maximum absolute atomic E-state index is 5.62. The number of alkyl halides is 1. The number of hydrogen-bond acceptors (Lipinski definition) is 2. The van der Waals surface area contributed by atoms with Crippen LogP contribution in [-0.4, -0.2) is 9.97 Å². The predicted molar refractivity (Wildman–Crippen MR) is 44.4 cm³/mol. The highest BCUT2D eigenvalue weighted by Crippen LogP contribution is 2.20. The fourth-order valence-electron chi connectivity index (χ4n) is 0.565. The number of nitrogens with zero attached hydrogens (tertiary/aromatic N) is 2. The van der Waals surface area contributed by atoms with Crippen molar-refractivity contribution in [3.8, 4) is 0 Å². The Balaban J connectivity index is 2.96. The second kappa shape index (κ2) is 3.30. The van der Waals surface area contributed by atoms with Gasteiger partial charge in [0.15, 0.2) is 0 Å². The molecule has 0 saturated carbocycles. The zero-order chi connectivity index (χ0) is 7.56. The van der Waals surface area contributed by atoms with Gasteiger partial charge in [0, 0.05) is 0 Å². The Bertz CT molecular complexity index is 227. The largest absolute Gasteiger partial charge is 0.240 e. The van der Waals surface area contributed by atoms with E-state index in [1.807, 2.05) is 6.92 Å². The van der Waals surface area contributed by atoms with Gasteiger partial charge >= 0.3 is 0 Å². The summed E-state index contributed by atoms with van der Waals surface area (Å²) in [5, 5.41) is 0.483. The van der Waals surface area contributed by atoms with Gasteiger partial charge in [-0.1, -0.05) is 27.5 Å². The van der Waals surface area contributed by atoms with Crippen molar-refractivity contribution >= 4 is 27.5 Å². The van der Waals surface area contributed by atoms with Crippen LogP contribution >= 0.6 is 27.5 Å². The van der Waals surface area contributed by atoms with E-state index in [9.17, 15) is 0 Å². The molecule has 0 radical (unpaired) electrons. The third-order valence-electron chi connectivity index (χ3n) is 1.06. The molecule has 0 bridgehead atoms. The van der Waals surface area contributed by atoms with E-state index in [2.05, 4.69) is 25.9 Å². The van der Waals surface area contributed by atoms with E-state index in [1.54, 1.807) is 6.07 Å². The summed E-state index contributed by atoms with van der Waals surface area (Å²) in [6, 6.07) is 1.74. The molecule has 0 saturated heterocycles. The standard InChI is InChI=1S/C6H6BrClN2/c1-4(7)5-2-6(8)10-3-9-5/h2-4H,1H3.